The molecule has 1 aromatic rings. The van der Waals surface area contributed by atoms with Crippen molar-refractivity contribution in [2.24, 2.45) is 0 Å². The second kappa shape index (κ2) is 7.28. The Morgan fingerprint density at radius 3 is 2.29 bits per heavy atom. The molecule has 1 aromatic carbocycles. The summed E-state index contributed by atoms with van der Waals surface area (Å²) in [4.78, 5) is 2.65. The Hall–Kier alpha value is -1.06. The van der Waals surface area contributed by atoms with Crippen LogP contribution in [0, 0.1) is 0 Å². The molecule has 1 aliphatic rings. The van der Waals surface area contributed by atoms with E-state index >= 15 is 0 Å². The van der Waals surface area contributed by atoms with Gasteiger partial charge in [-0.1, -0.05) is 25.5 Å². The lowest BCUT2D eigenvalue weighted by Gasteiger charge is -2.46. The van der Waals surface area contributed by atoms with Crippen LogP contribution in [0.1, 0.15) is 51.6 Å². The van der Waals surface area contributed by atoms with E-state index in [9.17, 15) is 0 Å². The molecule has 21 heavy (non-hydrogen) atoms. The van der Waals surface area contributed by atoms with Crippen LogP contribution in [0.15, 0.2) is 24.3 Å². The van der Waals surface area contributed by atoms with Crippen LogP contribution in [-0.2, 0) is 0 Å². The van der Waals surface area contributed by atoms with Crippen molar-refractivity contribution in [1.29, 1.82) is 0 Å². The summed E-state index contributed by atoms with van der Waals surface area (Å²) in [6.07, 6.45) is 4.02. The molecule has 1 aliphatic heterocycles. The van der Waals surface area contributed by atoms with Gasteiger partial charge in [0, 0.05) is 5.54 Å². The van der Waals surface area contributed by atoms with E-state index < -0.39 is 0 Å². The molecule has 1 fully saturated rings. The summed E-state index contributed by atoms with van der Waals surface area (Å²) >= 11 is 0. The predicted molar refractivity (Wildman–Crippen MR) is 88.9 cm³/mol. The summed E-state index contributed by atoms with van der Waals surface area (Å²) in [6, 6.07) is 8.85. The van der Waals surface area contributed by atoms with Gasteiger partial charge in [-0.25, -0.2) is 0 Å². The number of nitrogens with one attached hydrogen (secondary N) is 1. The highest BCUT2D eigenvalue weighted by molar-refractivity contribution is 5.31. The maximum Gasteiger partial charge on any atom is 0.118 e. The third-order valence-corrected chi connectivity index (χ3v) is 4.73. The molecule has 1 heterocycles. The number of ether oxygens (including phenoxy) is 1. The number of nitrogens with zero attached hydrogens (tertiary/aromatic N) is 1. The molecule has 1 saturated heterocycles. The summed E-state index contributed by atoms with van der Waals surface area (Å²) in [5.41, 5.74) is 1.46. The maximum atomic E-state index is 5.28. The number of piperidine rings is 1. The molecule has 1 unspecified atom stereocenters. The quantitative estimate of drug-likeness (QED) is 0.866. The Kier molecular flexibility index (Phi) is 5.65. The standard InChI is InChI=1S/C18H30N2O/c1-5-19-17(15-9-11-16(21-4)12-10-15)18(2,3)20-13-7-6-8-14-20/h9-12,17,19H,5-8,13-14H2,1-4H3. The predicted octanol–water partition coefficient (Wildman–Crippen LogP) is 3.61. The Morgan fingerprint density at radius 2 is 1.76 bits per heavy atom. The van der Waals surface area contributed by atoms with E-state index in [0.717, 1.165) is 12.3 Å². The van der Waals surface area contributed by atoms with E-state index in [1.165, 1.54) is 37.9 Å². The monoisotopic (exact) mass is 290 g/mol. The highest BCUT2D eigenvalue weighted by Gasteiger charge is 2.36. The number of likely N-dealkylation sites (N-methyl/N-ethyl adjacent to an activating group) is 1. The van der Waals surface area contributed by atoms with E-state index in [1.807, 2.05) is 0 Å². The molecule has 1 N–H and O–H groups in total. The first-order valence-corrected chi connectivity index (χ1v) is 8.22. The van der Waals surface area contributed by atoms with E-state index in [1.54, 1.807) is 7.11 Å². The number of methoxy groups -OCH3 is 1. The normalized spacial score (nSPS) is 18.5. The van der Waals surface area contributed by atoms with Crippen molar-refractivity contribution >= 4 is 0 Å². The van der Waals surface area contributed by atoms with Crippen LogP contribution in [-0.4, -0.2) is 37.2 Å². The molecule has 0 amide bonds. The zero-order valence-corrected chi connectivity index (χ0v) is 14.0. The molecular weight excluding hydrogens is 260 g/mol. The zero-order chi connectivity index (χ0) is 15.3. The van der Waals surface area contributed by atoms with Crippen LogP contribution in [0.4, 0.5) is 0 Å². The molecular formula is C18H30N2O. The van der Waals surface area contributed by atoms with Crippen molar-refractivity contribution in [3.63, 3.8) is 0 Å². The van der Waals surface area contributed by atoms with Crippen molar-refractivity contribution in [3.8, 4) is 5.75 Å². The van der Waals surface area contributed by atoms with Gasteiger partial charge in [0.15, 0.2) is 0 Å². The van der Waals surface area contributed by atoms with Crippen molar-refractivity contribution in [3.05, 3.63) is 29.8 Å². The molecule has 0 spiro atoms. The first kappa shape index (κ1) is 16.3. The molecule has 118 valence electrons. The maximum absolute atomic E-state index is 5.28. The van der Waals surface area contributed by atoms with Crippen LogP contribution in [0.2, 0.25) is 0 Å². The minimum absolute atomic E-state index is 0.116. The van der Waals surface area contributed by atoms with Crippen LogP contribution in [0.25, 0.3) is 0 Å². The summed E-state index contributed by atoms with van der Waals surface area (Å²) in [7, 11) is 1.72. The Bertz CT molecular complexity index is 421. The molecule has 3 nitrogen and oxygen atoms in total. The number of likely N-dealkylation sites (tertiary alicyclic amines) is 1. The fraction of sp³-hybridized carbons (Fsp3) is 0.667. The molecule has 0 saturated carbocycles. The summed E-state index contributed by atoms with van der Waals surface area (Å²) in [6.45, 7) is 10.3. The van der Waals surface area contributed by atoms with Gasteiger partial charge >= 0.3 is 0 Å². The summed E-state index contributed by atoms with van der Waals surface area (Å²) in [5, 5.41) is 3.69. The SMILES string of the molecule is CCNC(c1ccc(OC)cc1)C(C)(C)N1CCCCC1. The van der Waals surface area contributed by atoms with Gasteiger partial charge in [0.25, 0.3) is 0 Å². The summed E-state index contributed by atoms with van der Waals surface area (Å²) in [5.74, 6) is 0.921. The minimum atomic E-state index is 0.116. The fourth-order valence-electron chi connectivity index (χ4n) is 3.43. The van der Waals surface area contributed by atoms with Crippen LogP contribution < -0.4 is 10.1 Å². The number of benzene rings is 1. The average molecular weight is 290 g/mol. The smallest absolute Gasteiger partial charge is 0.118 e. The topological polar surface area (TPSA) is 24.5 Å². The number of hydrogen-bond donors (Lipinski definition) is 1. The van der Waals surface area contributed by atoms with Crippen molar-refractivity contribution < 1.29 is 4.74 Å². The van der Waals surface area contributed by atoms with Crippen molar-refractivity contribution in [2.75, 3.05) is 26.7 Å². The molecule has 2 rings (SSSR count). The minimum Gasteiger partial charge on any atom is -0.497 e. The molecule has 0 aromatic heterocycles. The Morgan fingerprint density at radius 1 is 1.14 bits per heavy atom. The molecule has 1 atom stereocenters. The molecule has 0 aliphatic carbocycles. The lowest BCUT2D eigenvalue weighted by molar-refractivity contribution is 0.0613. The Labute approximate surface area is 129 Å². The second-order valence-electron chi connectivity index (χ2n) is 6.47. The van der Waals surface area contributed by atoms with Gasteiger partial charge < -0.3 is 10.1 Å². The lowest BCUT2D eigenvalue weighted by Crippen LogP contribution is -2.54. The second-order valence-corrected chi connectivity index (χ2v) is 6.47. The van der Waals surface area contributed by atoms with Crippen LogP contribution in [0.5, 0.6) is 5.75 Å². The highest BCUT2D eigenvalue weighted by atomic mass is 16.5. The molecule has 3 heteroatoms. The summed E-state index contributed by atoms with van der Waals surface area (Å²) < 4.78 is 5.28. The lowest BCUT2D eigenvalue weighted by atomic mass is 9.85. The number of rotatable bonds is 6. The van der Waals surface area contributed by atoms with Crippen molar-refractivity contribution in [1.82, 2.24) is 10.2 Å². The molecule has 0 bridgehead atoms. The van der Waals surface area contributed by atoms with Gasteiger partial charge in [0.05, 0.1) is 13.2 Å². The van der Waals surface area contributed by atoms with Crippen LogP contribution in [0.3, 0.4) is 0 Å². The highest BCUT2D eigenvalue weighted by Crippen LogP contribution is 2.33. The van der Waals surface area contributed by atoms with Gasteiger partial charge in [-0.05, 0) is 64.0 Å². The first-order chi connectivity index (χ1) is 10.1. The van der Waals surface area contributed by atoms with Gasteiger partial charge in [-0.3, -0.25) is 4.90 Å². The third-order valence-electron chi connectivity index (χ3n) is 4.73. The van der Waals surface area contributed by atoms with Gasteiger partial charge in [0.1, 0.15) is 5.75 Å². The van der Waals surface area contributed by atoms with Gasteiger partial charge in [-0.15, -0.1) is 0 Å². The first-order valence-electron chi connectivity index (χ1n) is 8.22. The molecule has 0 radical (unpaired) electrons. The van der Waals surface area contributed by atoms with E-state index in [2.05, 4.69) is 55.3 Å². The van der Waals surface area contributed by atoms with Gasteiger partial charge in [-0.2, -0.15) is 0 Å². The Balaban J connectivity index is 2.22. The third kappa shape index (κ3) is 3.78. The van der Waals surface area contributed by atoms with E-state index in [0.29, 0.717) is 6.04 Å². The van der Waals surface area contributed by atoms with E-state index in [4.69, 9.17) is 4.74 Å². The van der Waals surface area contributed by atoms with Crippen molar-refractivity contribution in [2.45, 2.75) is 51.6 Å². The number of hydrogen-bond acceptors (Lipinski definition) is 3. The van der Waals surface area contributed by atoms with E-state index in [-0.39, 0.29) is 5.54 Å². The average Bonchev–Trinajstić information content (AvgIpc) is 2.53. The van der Waals surface area contributed by atoms with Crippen LogP contribution >= 0.6 is 0 Å². The zero-order valence-electron chi connectivity index (χ0n) is 14.0. The largest absolute Gasteiger partial charge is 0.497 e. The fourth-order valence-corrected chi connectivity index (χ4v) is 3.43. The van der Waals surface area contributed by atoms with Gasteiger partial charge in [0.2, 0.25) is 0 Å².